The fourth-order valence-corrected chi connectivity index (χ4v) is 3.68. The lowest BCUT2D eigenvalue weighted by Gasteiger charge is -2.06. The van der Waals surface area contributed by atoms with Crippen LogP contribution in [0.3, 0.4) is 0 Å². The van der Waals surface area contributed by atoms with E-state index >= 15 is 0 Å². The van der Waals surface area contributed by atoms with Crippen molar-refractivity contribution in [1.82, 2.24) is 24.9 Å². The highest BCUT2D eigenvalue weighted by molar-refractivity contribution is 6.02. The van der Waals surface area contributed by atoms with Crippen LogP contribution in [0.2, 0.25) is 0 Å². The predicted octanol–water partition coefficient (Wildman–Crippen LogP) is 4.50. The fraction of sp³-hybridized carbons (Fsp3) is 0.333. The molecule has 1 aliphatic carbocycles. The molecule has 0 spiro atoms. The summed E-state index contributed by atoms with van der Waals surface area (Å²) in [5.41, 5.74) is 11.5. The lowest BCUT2D eigenvalue weighted by Crippen LogP contribution is -2.02. The second-order valence-corrected chi connectivity index (χ2v) is 7.74. The van der Waals surface area contributed by atoms with Gasteiger partial charge in [-0.05, 0) is 57.4 Å². The van der Waals surface area contributed by atoms with E-state index in [4.69, 9.17) is 15.4 Å². The molecule has 7 nitrogen and oxygen atoms in total. The number of fused-ring (bicyclic) bond motifs is 1. The SMILES string of the molecule is Cc1ccnc(-c2c(-c3nn(C(C)C)c4ccnc(N)c34)noc2C2CC2)c1. The van der Waals surface area contributed by atoms with Gasteiger partial charge in [0.15, 0.2) is 0 Å². The number of anilines is 1. The van der Waals surface area contributed by atoms with Crippen molar-refractivity contribution >= 4 is 16.7 Å². The van der Waals surface area contributed by atoms with Gasteiger partial charge in [0.1, 0.15) is 23.0 Å². The number of nitrogens with two attached hydrogens (primary N) is 1. The summed E-state index contributed by atoms with van der Waals surface area (Å²) in [7, 11) is 0. The molecule has 0 unspecified atom stereocenters. The van der Waals surface area contributed by atoms with E-state index in [0.717, 1.165) is 46.3 Å². The Morgan fingerprint density at radius 1 is 1.14 bits per heavy atom. The van der Waals surface area contributed by atoms with E-state index in [1.54, 1.807) is 6.20 Å². The van der Waals surface area contributed by atoms with Crippen molar-refractivity contribution < 1.29 is 4.52 Å². The van der Waals surface area contributed by atoms with Crippen molar-refractivity contribution in [2.24, 2.45) is 0 Å². The van der Waals surface area contributed by atoms with Crippen molar-refractivity contribution in [2.75, 3.05) is 5.73 Å². The number of aromatic nitrogens is 5. The topological polar surface area (TPSA) is 95.7 Å². The van der Waals surface area contributed by atoms with Crippen molar-refractivity contribution in [3.8, 4) is 22.6 Å². The number of nitrogens with zero attached hydrogens (tertiary/aromatic N) is 5. The molecule has 0 atom stereocenters. The highest BCUT2D eigenvalue weighted by atomic mass is 16.5. The third-order valence-corrected chi connectivity index (χ3v) is 5.20. The van der Waals surface area contributed by atoms with E-state index in [1.165, 1.54) is 0 Å². The molecule has 1 fully saturated rings. The minimum atomic E-state index is 0.174. The normalized spacial score (nSPS) is 14.3. The molecule has 28 heavy (non-hydrogen) atoms. The standard InChI is InChI=1S/C21H22N6O/c1-11(2)27-15-7-9-24-21(22)17(15)18(25-27)19-16(14-10-12(3)6-8-23-14)20(28-26-19)13-4-5-13/h6-11,13H,4-5H2,1-3H3,(H2,22,24). The Kier molecular flexibility index (Phi) is 3.72. The van der Waals surface area contributed by atoms with Crippen LogP contribution in [-0.4, -0.2) is 24.9 Å². The van der Waals surface area contributed by atoms with E-state index in [-0.39, 0.29) is 6.04 Å². The van der Waals surface area contributed by atoms with Gasteiger partial charge in [-0.2, -0.15) is 5.10 Å². The number of rotatable bonds is 4. The van der Waals surface area contributed by atoms with Gasteiger partial charge in [-0.3, -0.25) is 9.67 Å². The van der Waals surface area contributed by atoms with E-state index in [9.17, 15) is 0 Å². The molecule has 0 saturated heterocycles. The number of hydrogen-bond donors (Lipinski definition) is 1. The molecule has 0 amide bonds. The fourth-order valence-electron chi connectivity index (χ4n) is 3.68. The van der Waals surface area contributed by atoms with Crippen LogP contribution >= 0.6 is 0 Å². The molecule has 0 aromatic carbocycles. The molecule has 1 aliphatic rings. The van der Waals surface area contributed by atoms with Crippen LogP contribution in [-0.2, 0) is 0 Å². The first-order valence-corrected chi connectivity index (χ1v) is 9.60. The Morgan fingerprint density at radius 2 is 1.93 bits per heavy atom. The van der Waals surface area contributed by atoms with Crippen LogP contribution in [0.4, 0.5) is 5.82 Å². The third kappa shape index (κ3) is 2.58. The number of pyridine rings is 2. The minimum Gasteiger partial charge on any atom is -0.383 e. The van der Waals surface area contributed by atoms with Gasteiger partial charge in [-0.25, -0.2) is 4.98 Å². The molecule has 1 saturated carbocycles. The number of nitrogen functional groups attached to an aromatic ring is 1. The Bertz CT molecular complexity index is 1190. The summed E-state index contributed by atoms with van der Waals surface area (Å²) in [5.74, 6) is 1.73. The van der Waals surface area contributed by atoms with Crippen LogP contribution in [0.5, 0.6) is 0 Å². The summed E-state index contributed by atoms with van der Waals surface area (Å²) in [6, 6.07) is 6.16. The summed E-state index contributed by atoms with van der Waals surface area (Å²) in [6.07, 6.45) is 5.75. The molecule has 142 valence electrons. The number of aryl methyl sites for hydroxylation is 1. The van der Waals surface area contributed by atoms with E-state index in [2.05, 4.69) is 42.0 Å². The Morgan fingerprint density at radius 3 is 2.64 bits per heavy atom. The van der Waals surface area contributed by atoms with Gasteiger partial charge in [0.2, 0.25) is 0 Å². The Labute approximate surface area is 162 Å². The van der Waals surface area contributed by atoms with Gasteiger partial charge in [0.25, 0.3) is 0 Å². The third-order valence-electron chi connectivity index (χ3n) is 5.20. The van der Waals surface area contributed by atoms with Crippen molar-refractivity contribution in [2.45, 2.75) is 45.6 Å². The first kappa shape index (κ1) is 16.9. The zero-order valence-electron chi connectivity index (χ0n) is 16.2. The number of hydrogen-bond acceptors (Lipinski definition) is 6. The first-order chi connectivity index (χ1) is 13.5. The maximum atomic E-state index is 6.26. The monoisotopic (exact) mass is 374 g/mol. The van der Waals surface area contributed by atoms with Crippen molar-refractivity contribution in [1.29, 1.82) is 0 Å². The maximum absolute atomic E-state index is 6.26. The second kappa shape index (κ2) is 6.15. The van der Waals surface area contributed by atoms with Crippen LogP contribution < -0.4 is 5.73 Å². The van der Waals surface area contributed by atoms with E-state index in [0.29, 0.717) is 23.1 Å². The predicted molar refractivity (Wildman–Crippen MR) is 108 cm³/mol. The molecule has 5 rings (SSSR count). The molecule has 0 bridgehead atoms. The molecule has 4 aromatic heterocycles. The summed E-state index contributed by atoms with van der Waals surface area (Å²) in [4.78, 5) is 8.89. The van der Waals surface area contributed by atoms with E-state index < -0.39 is 0 Å². The largest absolute Gasteiger partial charge is 0.383 e. The van der Waals surface area contributed by atoms with Crippen LogP contribution in [0.1, 0.15) is 50.0 Å². The molecule has 2 N–H and O–H groups in total. The average molecular weight is 374 g/mol. The summed E-state index contributed by atoms with van der Waals surface area (Å²) >= 11 is 0. The van der Waals surface area contributed by atoms with Gasteiger partial charge in [0, 0.05) is 24.4 Å². The maximum Gasteiger partial charge on any atom is 0.149 e. The lowest BCUT2D eigenvalue weighted by molar-refractivity contribution is 0.386. The van der Waals surface area contributed by atoms with Crippen LogP contribution in [0.25, 0.3) is 33.5 Å². The van der Waals surface area contributed by atoms with Crippen molar-refractivity contribution in [3.05, 3.63) is 41.9 Å². The summed E-state index contributed by atoms with van der Waals surface area (Å²) < 4.78 is 7.79. The Balaban J connectivity index is 1.82. The minimum absolute atomic E-state index is 0.174. The highest BCUT2D eigenvalue weighted by Crippen LogP contribution is 2.48. The van der Waals surface area contributed by atoms with Gasteiger partial charge >= 0.3 is 0 Å². The van der Waals surface area contributed by atoms with Gasteiger partial charge in [0.05, 0.1) is 22.2 Å². The zero-order chi connectivity index (χ0) is 19.4. The highest BCUT2D eigenvalue weighted by Gasteiger charge is 2.35. The summed E-state index contributed by atoms with van der Waals surface area (Å²) in [5, 5.41) is 10.1. The molecule has 7 heteroatoms. The first-order valence-electron chi connectivity index (χ1n) is 9.60. The van der Waals surface area contributed by atoms with Gasteiger partial charge in [-0.1, -0.05) is 5.16 Å². The zero-order valence-corrected chi connectivity index (χ0v) is 16.2. The van der Waals surface area contributed by atoms with Gasteiger partial charge in [-0.15, -0.1) is 0 Å². The average Bonchev–Trinajstić information content (AvgIpc) is 3.28. The lowest BCUT2D eigenvalue weighted by atomic mass is 10.0. The molecule has 4 heterocycles. The van der Waals surface area contributed by atoms with Gasteiger partial charge < -0.3 is 10.3 Å². The summed E-state index contributed by atoms with van der Waals surface area (Å²) in [6.45, 7) is 6.24. The molecule has 0 aliphatic heterocycles. The Hall–Kier alpha value is -3.22. The van der Waals surface area contributed by atoms with Crippen LogP contribution in [0, 0.1) is 6.92 Å². The van der Waals surface area contributed by atoms with Crippen molar-refractivity contribution in [3.63, 3.8) is 0 Å². The molecular formula is C21H22N6O. The van der Waals surface area contributed by atoms with Crippen LogP contribution in [0.15, 0.2) is 35.1 Å². The van der Waals surface area contributed by atoms with E-state index in [1.807, 2.05) is 23.0 Å². The second-order valence-electron chi connectivity index (χ2n) is 7.74. The smallest absolute Gasteiger partial charge is 0.149 e. The molecular weight excluding hydrogens is 352 g/mol. The molecule has 4 aromatic rings. The quantitative estimate of drug-likeness (QED) is 0.565. The molecule has 0 radical (unpaired) electrons.